The molecule has 1 aromatic carbocycles. The van der Waals surface area contributed by atoms with Gasteiger partial charge in [0.15, 0.2) is 0 Å². The summed E-state index contributed by atoms with van der Waals surface area (Å²) in [5.74, 6) is 1.03. The molecule has 1 aromatic rings. The molecule has 2 aliphatic rings. The third-order valence-corrected chi connectivity index (χ3v) is 4.40. The largest absolute Gasteiger partial charge is 0.323 e. The SMILES string of the molecule is NC(CNCC1(C2CC2)CC1)c1ccccc1. The van der Waals surface area contributed by atoms with Gasteiger partial charge in [-0.2, -0.15) is 0 Å². The average molecular weight is 230 g/mol. The highest BCUT2D eigenvalue weighted by molar-refractivity contribution is 5.18. The Balaban J connectivity index is 1.45. The highest BCUT2D eigenvalue weighted by Gasteiger charge is 2.53. The van der Waals surface area contributed by atoms with E-state index in [9.17, 15) is 0 Å². The predicted octanol–water partition coefficient (Wildman–Crippen LogP) is 2.47. The first kappa shape index (κ1) is 11.2. The standard InChI is InChI=1S/C15H22N2/c16-14(12-4-2-1-3-5-12)10-17-11-15(8-9-15)13-6-7-13/h1-5,13-14,17H,6-11,16H2. The fourth-order valence-corrected chi connectivity index (χ4v) is 2.88. The van der Waals surface area contributed by atoms with Crippen molar-refractivity contribution in [1.82, 2.24) is 5.32 Å². The number of rotatable bonds is 6. The van der Waals surface area contributed by atoms with Crippen molar-refractivity contribution in [1.29, 1.82) is 0 Å². The second-order valence-electron chi connectivity index (χ2n) is 5.78. The van der Waals surface area contributed by atoms with Crippen molar-refractivity contribution in [3.05, 3.63) is 35.9 Å². The van der Waals surface area contributed by atoms with E-state index in [1.807, 2.05) is 6.07 Å². The molecule has 17 heavy (non-hydrogen) atoms. The van der Waals surface area contributed by atoms with E-state index in [0.29, 0.717) is 5.41 Å². The van der Waals surface area contributed by atoms with E-state index < -0.39 is 0 Å². The van der Waals surface area contributed by atoms with Gasteiger partial charge in [0.25, 0.3) is 0 Å². The van der Waals surface area contributed by atoms with Crippen molar-refractivity contribution >= 4 is 0 Å². The molecule has 0 bridgehead atoms. The molecule has 92 valence electrons. The number of hydrogen-bond donors (Lipinski definition) is 2. The van der Waals surface area contributed by atoms with Gasteiger partial charge in [0.05, 0.1) is 0 Å². The normalized spacial score (nSPS) is 23.4. The Hall–Kier alpha value is -0.860. The van der Waals surface area contributed by atoms with Gasteiger partial charge in [0.2, 0.25) is 0 Å². The van der Waals surface area contributed by atoms with Crippen LogP contribution in [0.15, 0.2) is 30.3 Å². The Morgan fingerprint density at radius 1 is 1.24 bits per heavy atom. The molecule has 0 saturated heterocycles. The van der Waals surface area contributed by atoms with Crippen LogP contribution in [0.5, 0.6) is 0 Å². The first-order chi connectivity index (χ1) is 8.30. The highest BCUT2D eigenvalue weighted by Crippen LogP contribution is 2.60. The van der Waals surface area contributed by atoms with Gasteiger partial charge in [-0.05, 0) is 42.6 Å². The molecule has 1 unspecified atom stereocenters. The van der Waals surface area contributed by atoms with Gasteiger partial charge in [0.1, 0.15) is 0 Å². The van der Waals surface area contributed by atoms with Crippen LogP contribution in [-0.4, -0.2) is 13.1 Å². The van der Waals surface area contributed by atoms with Crippen LogP contribution in [0.25, 0.3) is 0 Å². The van der Waals surface area contributed by atoms with E-state index in [0.717, 1.165) is 12.5 Å². The summed E-state index contributed by atoms with van der Waals surface area (Å²) in [4.78, 5) is 0. The van der Waals surface area contributed by atoms with Gasteiger partial charge in [-0.3, -0.25) is 0 Å². The summed E-state index contributed by atoms with van der Waals surface area (Å²) in [6, 6.07) is 10.5. The van der Waals surface area contributed by atoms with Crippen molar-refractivity contribution in [3.8, 4) is 0 Å². The lowest BCUT2D eigenvalue weighted by Gasteiger charge is -2.18. The molecule has 1 atom stereocenters. The maximum absolute atomic E-state index is 6.17. The lowest BCUT2D eigenvalue weighted by atomic mass is 10.0. The summed E-state index contributed by atoms with van der Waals surface area (Å²) in [7, 11) is 0. The first-order valence-corrected chi connectivity index (χ1v) is 6.81. The fraction of sp³-hybridized carbons (Fsp3) is 0.600. The molecule has 3 rings (SSSR count). The molecule has 0 radical (unpaired) electrons. The molecular formula is C15H22N2. The maximum Gasteiger partial charge on any atom is 0.0421 e. The minimum Gasteiger partial charge on any atom is -0.323 e. The van der Waals surface area contributed by atoms with Crippen LogP contribution in [0.1, 0.15) is 37.3 Å². The smallest absolute Gasteiger partial charge is 0.0421 e. The Morgan fingerprint density at radius 2 is 1.94 bits per heavy atom. The van der Waals surface area contributed by atoms with E-state index in [4.69, 9.17) is 5.73 Å². The zero-order valence-corrected chi connectivity index (χ0v) is 10.4. The van der Waals surface area contributed by atoms with Gasteiger partial charge in [-0.25, -0.2) is 0 Å². The number of benzene rings is 1. The summed E-state index contributed by atoms with van der Waals surface area (Å²) >= 11 is 0. The molecule has 0 spiro atoms. The van der Waals surface area contributed by atoms with Crippen molar-refractivity contribution in [3.63, 3.8) is 0 Å². The van der Waals surface area contributed by atoms with Crippen molar-refractivity contribution in [2.75, 3.05) is 13.1 Å². The van der Waals surface area contributed by atoms with Crippen LogP contribution in [0, 0.1) is 11.3 Å². The molecule has 2 fully saturated rings. The van der Waals surface area contributed by atoms with Crippen LogP contribution in [0.3, 0.4) is 0 Å². The molecule has 2 aliphatic carbocycles. The Morgan fingerprint density at radius 3 is 2.53 bits per heavy atom. The van der Waals surface area contributed by atoms with E-state index in [1.165, 1.54) is 37.8 Å². The average Bonchev–Trinajstić information content (AvgIpc) is 3.23. The fourth-order valence-electron chi connectivity index (χ4n) is 2.88. The van der Waals surface area contributed by atoms with Crippen LogP contribution < -0.4 is 11.1 Å². The van der Waals surface area contributed by atoms with E-state index in [-0.39, 0.29) is 6.04 Å². The number of hydrogen-bond acceptors (Lipinski definition) is 2. The summed E-state index contributed by atoms with van der Waals surface area (Å²) in [6.07, 6.45) is 5.80. The van der Waals surface area contributed by atoms with Crippen molar-refractivity contribution < 1.29 is 0 Å². The van der Waals surface area contributed by atoms with E-state index in [2.05, 4.69) is 29.6 Å². The van der Waals surface area contributed by atoms with Crippen LogP contribution in [-0.2, 0) is 0 Å². The lowest BCUT2D eigenvalue weighted by molar-refractivity contribution is 0.397. The third-order valence-electron chi connectivity index (χ3n) is 4.40. The lowest BCUT2D eigenvalue weighted by Crippen LogP contribution is -2.32. The minimum absolute atomic E-state index is 0.131. The maximum atomic E-state index is 6.17. The second kappa shape index (κ2) is 4.43. The summed E-state index contributed by atoms with van der Waals surface area (Å²) in [6.45, 7) is 2.08. The van der Waals surface area contributed by atoms with Crippen LogP contribution >= 0.6 is 0 Å². The number of nitrogens with two attached hydrogens (primary N) is 1. The summed E-state index contributed by atoms with van der Waals surface area (Å²) in [5.41, 5.74) is 8.08. The first-order valence-electron chi connectivity index (χ1n) is 6.81. The van der Waals surface area contributed by atoms with Gasteiger partial charge < -0.3 is 11.1 Å². The van der Waals surface area contributed by atoms with E-state index in [1.54, 1.807) is 0 Å². The summed E-state index contributed by atoms with van der Waals surface area (Å²) in [5, 5.41) is 3.58. The number of nitrogens with one attached hydrogen (secondary N) is 1. The molecule has 0 aliphatic heterocycles. The van der Waals surface area contributed by atoms with E-state index >= 15 is 0 Å². The second-order valence-corrected chi connectivity index (χ2v) is 5.78. The Labute approximate surface area is 104 Å². The monoisotopic (exact) mass is 230 g/mol. The van der Waals surface area contributed by atoms with Gasteiger partial charge in [-0.15, -0.1) is 0 Å². The van der Waals surface area contributed by atoms with Crippen molar-refractivity contribution in [2.24, 2.45) is 17.1 Å². The van der Waals surface area contributed by atoms with Gasteiger partial charge in [0, 0.05) is 19.1 Å². The zero-order chi connectivity index (χ0) is 11.7. The highest BCUT2D eigenvalue weighted by atomic mass is 14.9. The zero-order valence-electron chi connectivity index (χ0n) is 10.4. The molecule has 2 nitrogen and oxygen atoms in total. The molecule has 0 aromatic heterocycles. The van der Waals surface area contributed by atoms with Crippen molar-refractivity contribution in [2.45, 2.75) is 31.7 Å². The topological polar surface area (TPSA) is 38.0 Å². The minimum atomic E-state index is 0.131. The molecule has 0 heterocycles. The van der Waals surface area contributed by atoms with Crippen LogP contribution in [0.2, 0.25) is 0 Å². The molecule has 0 amide bonds. The van der Waals surface area contributed by atoms with Gasteiger partial charge in [-0.1, -0.05) is 30.3 Å². The Kier molecular flexibility index (Phi) is 2.93. The predicted molar refractivity (Wildman–Crippen MR) is 70.6 cm³/mol. The Bertz CT molecular complexity index is 366. The van der Waals surface area contributed by atoms with Gasteiger partial charge >= 0.3 is 0 Å². The van der Waals surface area contributed by atoms with Crippen LogP contribution in [0.4, 0.5) is 0 Å². The molecular weight excluding hydrogens is 208 g/mol. The molecule has 2 saturated carbocycles. The third kappa shape index (κ3) is 2.53. The summed E-state index contributed by atoms with van der Waals surface area (Å²) < 4.78 is 0. The molecule has 2 heteroatoms. The quantitative estimate of drug-likeness (QED) is 0.788. The molecule has 3 N–H and O–H groups in total.